The molecule has 0 aromatic heterocycles. The zero-order valence-electron chi connectivity index (χ0n) is 10.3. The molecule has 0 aliphatic carbocycles. The van der Waals surface area contributed by atoms with E-state index in [1.54, 1.807) is 0 Å². The van der Waals surface area contributed by atoms with E-state index in [2.05, 4.69) is 53.3 Å². The molecule has 1 heterocycles. The average Bonchev–Trinajstić information content (AvgIpc) is 2.66. The number of rotatable bonds is 3. The molecule has 4 heteroatoms. The number of benzene rings is 1. The number of anilines is 1. The van der Waals surface area contributed by atoms with Crippen molar-refractivity contribution in [3.8, 4) is 0 Å². The van der Waals surface area contributed by atoms with Gasteiger partial charge in [-0.3, -0.25) is 0 Å². The molecule has 2 unspecified atom stereocenters. The van der Waals surface area contributed by atoms with Gasteiger partial charge in [-0.25, -0.2) is 0 Å². The summed E-state index contributed by atoms with van der Waals surface area (Å²) in [5.41, 5.74) is 8.47. The van der Waals surface area contributed by atoms with Crippen LogP contribution in [0, 0.1) is 6.92 Å². The van der Waals surface area contributed by atoms with Gasteiger partial charge < -0.3 is 11.1 Å². The first-order valence-electron chi connectivity index (χ1n) is 5.93. The van der Waals surface area contributed by atoms with Crippen molar-refractivity contribution in [1.82, 2.24) is 0 Å². The fourth-order valence-electron chi connectivity index (χ4n) is 2.27. The van der Waals surface area contributed by atoms with E-state index in [0.29, 0.717) is 11.8 Å². The normalized spacial score (nSPS) is 28.4. The van der Waals surface area contributed by atoms with Crippen molar-refractivity contribution in [2.75, 3.05) is 17.6 Å². The van der Waals surface area contributed by atoms with Crippen LogP contribution in [-0.4, -0.2) is 23.1 Å². The first-order valence-corrected chi connectivity index (χ1v) is 7.77. The monoisotopic (exact) mass is 314 g/mol. The highest BCUT2D eigenvalue weighted by Crippen LogP contribution is 2.39. The van der Waals surface area contributed by atoms with Crippen molar-refractivity contribution in [2.45, 2.75) is 31.1 Å². The molecule has 1 aromatic rings. The minimum absolute atomic E-state index is 0.0426. The smallest absolute Gasteiger partial charge is 0.0619 e. The first kappa shape index (κ1) is 13.2. The molecule has 1 fully saturated rings. The molecule has 1 saturated heterocycles. The highest BCUT2D eigenvalue weighted by atomic mass is 79.9. The Morgan fingerprint density at radius 1 is 1.59 bits per heavy atom. The van der Waals surface area contributed by atoms with E-state index in [1.807, 2.05) is 11.8 Å². The Balaban J connectivity index is 2.27. The van der Waals surface area contributed by atoms with E-state index in [9.17, 15) is 0 Å². The van der Waals surface area contributed by atoms with Gasteiger partial charge in [0.25, 0.3) is 0 Å². The molecule has 2 nitrogen and oxygen atoms in total. The second-order valence-electron chi connectivity index (χ2n) is 4.73. The Kier molecular flexibility index (Phi) is 4.06. The molecule has 2 atom stereocenters. The molecule has 2 rings (SSSR count). The third-order valence-electron chi connectivity index (χ3n) is 3.56. The van der Waals surface area contributed by atoms with Crippen molar-refractivity contribution in [1.29, 1.82) is 0 Å². The number of nitrogens with one attached hydrogen (secondary N) is 1. The Hall–Kier alpha value is -0.190. The van der Waals surface area contributed by atoms with Gasteiger partial charge in [-0.2, -0.15) is 11.8 Å². The van der Waals surface area contributed by atoms with Gasteiger partial charge in [0, 0.05) is 22.0 Å². The molecule has 94 valence electrons. The number of thioether (sulfide) groups is 1. The van der Waals surface area contributed by atoms with E-state index < -0.39 is 0 Å². The summed E-state index contributed by atoms with van der Waals surface area (Å²) < 4.78 is 1.11. The topological polar surface area (TPSA) is 38.0 Å². The third-order valence-corrected chi connectivity index (χ3v) is 5.65. The minimum Gasteiger partial charge on any atom is -0.376 e. The van der Waals surface area contributed by atoms with E-state index in [4.69, 9.17) is 5.73 Å². The van der Waals surface area contributed by atoms with Crippen LogP contribution in [-0.2, 0) is 0 Å². The zero-order chi connectivity index (χ0) is 12.5. The fourth-order valence-corrected chi connectivity index (χ4v) is 4.04. The quantitative estimate of drug-likeness (QED) is 0.898. The maximum Gasteiger partial charge on any atom is 0.0619 e. The Morgan fingerprint density at radius 2 is 2.35 bits per heavy atom. The molecule has 0 saturated carbocycles. The van der Waals surface area contributed by atoms with Crippen molar-refractivity contribution in [3.63, 3.8) is 0 Å². The van der Waals surface area contributed by atoms with Crippen LogP contribution >= 0.6 is 27.7 Å². The second-order valence-corrected chi connectivity index (χ2v) is 7.03. The number of hydrogen-bond donors (Lipinski definition) is 2. The summed E-state index contributed by atoms with van der Waals surface area (Å²) in [5, 5.41) is 4.23. The highest BCUT2D eigenvalue weighted by Gasteiger charge is 2.39. The third kappa shape index (κ3) is 2.64. The largest absolute Gasteiger partial charge is 0.376 e. The number of nitrogens with two attached hydrogens (primary N) is 1. The summed E-state index contributed by atoms with van der Waals surface area (Å²) in [5.74, 6) is 1.19. The summed E-state index contributed by atoms with van der Waals surface area (Å²) in [6.07, 6.45) is 1.13. The molecule has 17 heavy (non-hydrogen) atoms. The predicted molar refractivity (Wildman–Crippen MR) is 80.8 cm³/mol. The first-order chi connectivity index (χ1) is 8.07. The Bertz CT molecular complexity index is 410. The summed E-state index contributed by atoms with van der Waals surface area (Å²) in [6, 6.07) is 6.38. The van der Waals surface area contributed by atoms with Crippen molar-refractivity contribution < 1.29 is 0 Å². The molecule has 0 amide bonds. The van der Waals surface area contributed by atoms with Gasteiger partial charge in [0.1, 0.15) is 0 Å². The molecule has 0 spiro atoms. The lowest BCUT2D eigenvalue weighted by Crippen LogP contribution is -2.49. The van der Waals surface area contributed by atoms with Gasteiger partial charge >= 0.3 is 0 Å². The summed E-state index contributed by atoms with van der Waals surface area (Å²) in [6.45, 7) is 5.06. The standard InChI is InChI=1S/C13H19BrN2S/c1-9-3-4-11(14)12(7-9)16-13(8-15)5-6-17-10(13)2/h3-4,7,10,16H,5-6,8,15H2,1-2H3. The van der Waals surface area contributed by atoms with Crippen molar-refractivity contribution >= 4 is 33.4 Å². The summed E-state index contributed by atoms with van der Waals surface area (Å²) in [4.78, 5) is 0. The van der Waals surface area contributed by atoms with Crippen LogP contribution in [0.3, 0.4) is 0 Å². The Morgan fingerprint density at radius 3 is 2.94 bits per heavy atom. The number of hydrogen-bond acceptors (Lipinski definition) is 3. The molecule has 1 aliphatic rings. The van der Waals surface area contributed by atoms with Crippen LogP contribution in [0.15, 0.2) is 22.7 Å². The van der Waals surface area contributed by atoms with Gasteiger partial charge in [0.2, 0.25) is 0 Å². The molecule has 0 bridgehead atoms. The maximum atomic E-state index is 6.00. The van der Waals surface area contributed by atoms with E-state index in [0.717, 1.165) is 16.6 Å². The molecule has 1 aromatic carbocycles. The predicted octanol–water partition coefficient (Wildman–Crippen LogP) is 3.39. The molecule has 3 N–H and O–H groups in total. The number of aryl methyl sites for hydroxylation is 1. The minimum atomic E-state index is 0.0426. The maximum absolute atomic E-state index is 6.00. The average molecular weight is 315 g/mol. The van der Waals surface area contributed by atoms with Crippen LogP contribution in [0.4, 0.5) is 5.69 Å². The van der Waals surface area contributed by atoms with Crippen LogP contribution < -0.4 is 11.1 Å². The molecule has 0 radical (unpaired) electrons. The van der Waals surface area contributed by atoms with E-state index >= 15 is 0 Å². The zero-order valence-corrected chi connectivity index (χ0v) is 12.7. The van der Waals surface area contributed by atoms with E-state index in [1.165, 1.54) is 11.3 Å². The van der Waals surface area contributed by atoms with Gasteiger partial charge in [0.15, 0.2) is 0 Å². The molecular weight excluding hydrogens is 296 g/mol. The van der Waals surface area contributed by atoms with Gasteiger partial charge in [-0.1, -0.05) is 13.0 Å². The van der Waals surface area contributed by atoms with Crippen molar-refractivity contribution in [3.05, 3.63) is 28.2 Å². The van der Waals surface area contributed by atoms with Crippen molar-refractivity contribution in [2.24, 2.45) is 5.73 Å². The highest BCUT2D eigenvalue weighted by molar-refractivity contribution is 9.10. The van der Waals surface area contributed by atoms with Crippen LogP contribution in [0.1, 0.15) is 18.9 Å². The molecule has 1 aliphatic heterocycles. The Labute approximate surface area is 116 Å². The van der Waals surface area contributed by atoms with Gasteiger partial charge in [-0.05, 0) is 52.7 Å². The van der Waals surface area contributed by atoms with Crippen LogP contribution in [0.5, 0.6) is 0 Å². The second kappa shape index (κ2) is 5.21. The van der Waals surface area contributed by atoms with Crippen LogP contribution in [0.25, 0.3) is 0 Å². The summed E-state index contributed by atoms with van der Waals surface area (Å²) in [7, 11) is 0. The lowest BCUT2D eigenvalue weighted by atomic mass is 9.92. The molecular formula is C13H19BrN2S. The lowest BCUT2D eigenvalue weighted by molar-refractivity contribution is 0.479. The fraction of sp³-hybridized carbons (Fsp3) is 0.538. The van der Waals surface area contributed by atoms with Gasteiger partial charge in [0.05, 0.1) is 5.54 Å². The van der Waals surface area contributed by atoms with Crippen LogP contribution in [0.2, 0.25) is 0 Å². The lowest BCUT2D eigenvalue weighted by Gasteiger charge is -2.34. The van der Waals surface area contributed by atoms with Gasteiger partial charge in [-0.15, -0.1) is 0 Å². The van der Waals surface area contributed by atoms with E-state index in [-0.39, 0.29) is 5.54 Å². The SMILES string of the molecule is Cc1ccc(Br)c(NC2(CN)CCSC2C)c1. The number of halogens is 1. The summed E-state index contributed by atoms with van der Waals surface area (Å²) >= 11 is 5.60.